The van der Waals surface area contributed by atoms with Crippen molar-refractivity contribution in [1.82, 2.24) is 15.2 Å². The summed E-state index contributed by atoms with van der Waals surface area (Å²) in [5, 5.41) is 2.92. The quantitative estimate of drug-likeness (QED) is 0.839. The Kier molecular flexibility index (Phi) is 5.27. The van der Waals surface area contributed by atoms with Gasteiger partial charge in [-0.05, 0) is 19.1 Å². The molecule has 1 fully saturated rings. The Morgan fingerprint density at radius 3 is 3.05 bits per heavy atom. The fraction of sp³-hybridized carbons (Fsp3) is 0.533. The second-order valence-corrected chi connectivity index (χ2v) is 5.22. The fourth-order valence-corrected chi connectivity index (χ4v) is 2.40. The summed E-state index contributed by atoms with van der Waals surface area (Å²) in [4.78, 5) is 30.0. The number of ether oxygens (including phenoxy) is 1. The summed E-state index contributed by atoms with van der Waals surface area (Å²) in [5.74, 6) is -0.375. The van der Waals surface area contributed by atoms with Crippen LogP contribution in [-0.2, 0) is 14.3 Å². The largest absolute Gasteiger partial charge is 0.383 e. The number of pyridine rings is 1. The van der Waals surface area contributed by atoms with Crippen molar-refractivity contribution in [3.05, 3.63) is 30.1 Å². The zero-order valence-electron chi connectivity index (χ0n) is 12.4. The van der Waals surface area contributed by atoms with E-state index >= 15 is 0 Å². The monoisotopic (exact) mass is 291 g/mol. The molecular weight excluding hydrogens is 270 g/mol. The van der Waals surface area contributed by atoms with Crippen molar-refractivity contribution in [2.24, 2.45) is 5.92 Å². The number of nitrogens with one attached hydrogen (secondary N) is 1. The number of hydrogen-bond donors (Lipinski definition) is 1. The van der Waals surface area contributed by atoms with Crippen molar-refractivity contribution >= 4 is 11.8 Å². The Balaban J connectivity index is 1.88. The predicted octanol–water partition coefficient (Wildman–Crippen LogP) is 0.754. The second-order valence-electron chi connectivity index (χ2n) is 5.22. The number of rotatable bonds is 6. The molecule has 6 nitrogen and oxygen atoms in total. The summed E-state index contributed by atoms with van der Waals surface area (Å²) < 4.78 is 4.97. The van der Waals surface area contributed by atoms with Crippen LogP contribution in [-0.4, -0.2) is 48.5 Å². The lowest BCUT2D eigenvalue weighted by atomic mass is 10.1. The van der Waals surface area contributed by atoms with Crippen LogP contribution < -0.4 is 5.32 Å². The average Bonchev–Trinajstić information content (AvgIpc) is 2.87. The van der Waals surface area contributed by atoms with Gasteiger partial charge in [0.05, 0.1) is 24.3 Å². The summed E-state index contributed by atoms with van der Waals surface area (Å²) in [6, 6.07) is 5.43. The van der Waals surface area contributed by atoms with E-state index in [0.717, 1.165) is 5.69 Å². The number of carbonyl (C=O) groups excluding carboxylic acids is 2. The third kappa shape index (κ3) is 4.01. The topological polar surface area (TPSA) is 71.5 Å². The van der Waals surface area contributed by atoms with E-state index in [1.807, 2.05) is 25.1 Å². The molecule has 0 unspecified atom stereocenters. The standard InChI is InChI=1S/C15H21N3O3/c1-11(13-5-3-4-6-16-13)17-15(20)12-9-14(19)18(10-12)7-8-21-2/h3-6,11-12H,7-10H2,1-2H3,(H,17,20)/t11-,12+/m0/s1. The highest BCUT2D eigenvalue weighted by atomic mass is 16.5. The molecule has 0 spiro atoms. The van der Waals surface area contributed by atoms with Crippen molar-refractivity contribution in [3.8, 4) is 0 Å². The smallest absolute Gasteiger partial charge is 0.225 e. The minimum absolute atomic E-state index is 0.0117. The lowest BCUT2D eigenvalue weighted by Crippen LogP contribution is -2.35. The van der Waals surface area contributed by atoms with Gasteiger partial charge in [0.25, 0.3) is 0 Å². The lowest BCUT2D eigenvalue weighted by molar-refractivity contribution is -0.129. The summed E-state index contributed by atoms with van der Waals surface area (Å²) in [6.45, 7) is 3.38. The molecule has 0 aromatic carbocycles. The van der Waals surface area contributed by atoms with E-state index in [1.165, 1.54) is 0 Å². The van der Waals surface area contributed by atoms with Gasteiger partial charge in [0, 0.05) is 32.8 Å². The van der Waals surface area contributed by atoms with Crippen LogP contribution in [0.2, 0.25) is 0 Å². The van der Waals surface area contributed by atoms with Crippen LogP contribution in [0, 0.1) is 5.92 Å². The molecule has 1 saturated heterocycles. The van der Waals surface area contributed by atoms with E-state index in [0.29, 0.717) is 19.7 Å². The van der Waals surface area contributed by atoms with Gasteiger partial charge < -0.3 is 15.0 Å². The van der Waals surface area contributed by atoms with E-state index in [4.69, 9.17) is 4.74 Å². The molecule has 2 heterocycles. The van der Waals surface area contributed by atoms with Crippen LogP contribution in [0.4, 0.5) is 0 Å². The first-order valence-electron chi connectivity index (χ1n) is 7.10. The molecule has 0 bridgehead atoms. The van der Waals surface area contributed by atoms with Gasteiger partial charge in [0.15, 0.2) is 0 Å². The first-order valence-corrected chi connectivity index (χ1v) is 7.10. The average molecular weight is 291 g/mol. The molecule has 1 aromatic heterocycles. The molecule has 0 aliphatic carbocycles. The number of methoxy groups -OCH3 is 1. The van der Waals surface area contributed by atoms with Gasteiger partial charge in [-0.3, -0.25) is 14.6 Å². The van der Waals surface area contributed by atoms with Gasteiger partial charge in [0.1, 0.15) is 0 Å². The van der Waals surface area contributed by atoms with E-state index in [1.54, 1.807) is 18.2 Å². The fourth-order valence-electron chi connectivity index (χ4n) is 2.40. The van der Waals surface area contributed by atoms with Crippen LogP contribution in [0.1, 0.15) is 25.1 Å². The highest BCUT2D eigenvalue weighted by Gasteiger charge is 2.34. The number of hydrogen-bond acceptors (Lipinski definition) is 4. The van der Waals surface area contributed by atoms with E-state index < -0.39 is 0 Å². The number of carbonyl (C=O) groups is 2. The molecule has 1 N–H and O–H groups in total. The maximum Gasteiger partial charge on any atom is 0.225 e. The predicted molar refractivity (Wildman–Crippen MR) is 77.4 cm³/mol. The Bertz CT molecular complexity index is 492. The lowest BCUT2D eigenvalue weighted by Gasteiger charge is -2.18. The number of nitrogens with zero attached hydrogens (tertiary/aromatic N) is 2. The molecule has 1 aliphatic heterocycles. The molecule has 2 atom stereocenters. The normalized spacial score (nSPS) is 19.6. The maximum atomic E-state index is 12.2. The number of aromatic nitrogens is 1. The van der Waals surface area contributed by atoms with Crippen molar-refractivity contribution in [1.29, 1.82) is 0 Å². The number of amides is 2. The Morgan fingerprint density at radius 1 is 1.57 bits per heavy atom. The zero-order chi connectivity index (χ0) is 15.2. The second kappa shape index (κ2) is 7.17. The van der Waals surface area contributed by atoms with E-state index in [-0.39, 0.29) is 30.2 Å². The molecular formula is C15H21N3O3. The van der Waals surface area contributed by atoms with Crippen molar-refractivity contribution in [2.45, 2.75) is 19.4 Å². The minimum Gasteiger partial charge on any atom is -0.383 e. The zero-order valence-corrected chi connectivity index (χ0v) is 12.4. The molecule has 0 radical (unpaired) electrons. The highest BCUT2D eigenvalue weighted by molar-refractivity contribution is 5.89. The molecule has 0 saturated carbocycles. The maximum absolute atomic E-state index is 12.2. The van der Waals surface area contributed by atoms with Gasteiger partial charge in [-0.1, -0.05) is 6.07 Å². The van der Waals surface area contributed by atoms with Crippen LogP contribution in [0.3, 0.4) is 0 Å². The molecule has 1 aliphatic rings. The van der Waals surface area contributed by atoms with Gasteiger partial charge >= 0.3 is 0 Å². The van der Waals surface area contributed by atoms with Gasteiger partial charge in [-0.15, -0.1) is 0 Å². The first kappa shape index (κ1) is 15.4. The summed E-state index contributed by atoms with van der Waals surface area (Å²) in [5.41, 5.74) is 0.811. The molecule has 2 amide bonds. The number of likely N-dealkylation sites (tertiary alicyclic amines) is 1. The molecule has 6 heteroatoms. The summed E-state index contributed by atoms with van der Waals surface area (Å²) in [6.07, 6.45) is 1.97. The minimum atomic E-state index is -0.291. The molecule has 1 aromatic rings. The first-order chi connectivity index (χ1) is 10.1. The van der Waals surface area contributed by atoms with Gasteiger partial charge in [-0.2, -0.15) is 0 Å². The van der Waals surface area contributed by atoms with Gasteiger partial charge in [0.2, 0.25) is 11.8 Å². The summed E-state index contributed by atoms with van der Waals surface area (Å²) in [7, 11) is 1.60. The van der Waals surface area contributed by atoms with E-state index in [9.17, 15) is 9.59 Å². The third-order valence-corrected chi connectivity index (χ3v) is 3.64. The van der Waals surface area contributed by atoms with Crippen molar-refractivity contribution in [2.75, 3.05) is 26.8 Å². The third-order valence-electron chi connectivity index (χ3n) is 3.64. The SMILES string of the molecule is COCCN1C[C@H](C(=O)N[C@@H](C)c2ccccn2)CC1=O. The van der Waals surface area contributed by atoms with Crippen LogP contribution >= 0.6 is 0 Å². The van der Waals surface area contributed by atoms with Gasteiger partial charge in [-0.25, -0.2) is 0 Å². The highest BCUT2D eigenvalue weighted by Crippen LogP contribution is 2.19. The molecule has 2 rings (SSSR count). The Morgan fingerprint density at radius 2 is 2.38 bits per heavy atom. The Labute approximate surface area is 124 Å². The molecule has 114 valence electrons. The van der Waals surface area contributed by atoms with Crippen molar-refractivity contribution in [3.63, 3.8) is 0 Å². The van der Waals surface area contributed by atoms with Crippen LogP contribution in [0.15, 0.2) is 24.4 Å². The summed E-state index contributed by atoms with van der Waals surface area (Å²) >= 11 is 0. The van der Waals surface area contributed by atoms with Crippen molar-refractivity contribution < 1.29 is 14.3 Å². The van der Waals surface area contributed by atoms with E-state index in [2.05, 4.69) is 10.3 Å². The van der Waals surface area contributed by atoms with Crippen LogP contribution in [0.25, 0.3) is 0 Å². The Hall–Kier alpha value is -1.95. The molecule has 21 heavy (non-hydrogen) atoms. The van der Waals surface area contributed by atoms with Crippen LogP contribution in [0.5, 0.6) is 0 Å².